The zero-order valence-corrected chi connectivity index (χ0v) is 12.1. The molecule has 0 saturated heterocycles. The molecule has 0 aliphatic carbocycles. The van der Waals surface area contributed by atoms with Gasteiger partial charge in [-0.05, 0) is 38.5 Å². The largest absolute Gasteiger partial charge is 0.511 e. The number of carbonyl (C=O) groups excluding carboxylic acids is 1. The second kappa shape index (κ2) is 4.43. The van der Waals surface area contributed by atoms with E-state index in [-0.39, 0.29) is 11.3 Å². The van der Waals surface area contributed by atoms with Crippen LogP contribution in [-0.2, 0) is 9.53 Å². The van der Waals surface area contributed by atoms with E-state index < -0.39 is 17.5 Å². The third kappa shape index (κ3) is 2.05. The van der Waals surface area contributed by atoms with E-state index in [1.54, 1.807) is 6.92 Å². The molecule has 0 amide bonds. The summed E-state index contributed by atoms with van der Waals surface area (Å²) in [6.45, 7) is 5.31. The first-order valence-corrected chi connectivity index (χ1v) is 6.50. The molecule has 1 aromatic rings. The van der Waals surface area contributed by atoms with Crippen LogP contribution in [0.25, 0.3) is 0 Å². The lowest BCUT2D eigenvalue weighted by molar-refractivity contribution is -0.155. The van der Waals surface area contributed by atoms with Crippen molar-refractivity contribution < 1.29 is 14.6 Å². The van der Waals surface area contributed by atoms with Gasteiger partial charge in [0.1, 0.15) is 11.9 Å². The van der Waals surface area contributed by atoms with Gasteiger partial charge < -0.3 is 9.84 Å². The van der Waals surface area contributed by atoms with E-state index in [2.05, 4.69) is 15.9 Å². The maximum absolute atomic E-state index is 11.7. The van der Waals surface area contributed by atoms with Crippen LogP contribution < -0.4 is 0 Å². The fourth-order valence-electron chi connectivity index (χ4n) is 2.17. The highest BCUT2D eigenvalue weighted by atomic mass is 79.9. The quantitative estimate of drug-likeness (QED) is 0.800. The molecule has 1 aliphatic heterocycles. The molecular weight excluding hydrogens is 296 g/mol. The Labute approximate surface area is 115 Å². The summed E-state index contributed by atoms with van der Waals surface area (Å²) in [5.74, 6) is -0.355. The van der Waals surface area contributed by atoms with Crippen LogP contribution in [0.15, 0.2) is 40.1 Å². The highest BCUT2D eigenvalue weighted by Crippen LogP contribution is 2.46. The number of hydrogen-bond donors (Lipinski definition) is 1. The zero-order valence-electron chi connectivity index (χ0n) is 10.5. The number of ether oxygens (including phenoxy) is 1. The average Bonchev–Trinajstić information content (AvgIpc) is 2.33. The van der Waals surface area contributed by atoms with Gasteiger partial charge in [0.05, 0.1) is 11.0 Å². The minimum atomic E-state index is -0.619. The number of hydrogen-bond acceptors (Lipinski definition) is 3. The summed E-state index contributed by atoms with van der Waals surface area (Å²) < 4.78 is 6.40. The number of esters is 1. The monoisotopic (exact) mass is 310 g/mol. The standard InChI is InChI=1S/C14H15BrO3/c1-8-11(16)14(2,3)12(18-13(8)17)9-4-6-10(15)7-5-9/h4-7,12,16H,1-3H3. The summed E-state index contributed by atoms with van der Waals surface area (Å²) in [7, 11) is 0. The lowest BCUT2D eigenvalue weighted by Crippen LogP contribution is -2.35. The minimum Gasteiger partial charge on any atom is -0.511 e. The number of halogens is 1. The SMILES string of the molecule is CC1=C(O)C(C)(C)C(c2ccc(Br)cc2)OC1=O. The van der Waals surface area contributed by atoms with Crippen LogP contribution in [0, 0.1) is 5.41 Å². The highest BCUT2D eigenvalue weighted by Gasteiger charge is 2.43. The number of rotatable bonds is 1. The first-order valence-electron chi connectivity index (χ1n) is 5.71. The molecule has 0 saturated carbocycles. The predicted molar refractivity (Wildman–Crippen MR) is 72.1 cm³/mol. The van der Waals surface area contributed by atoms with Gasteiger partial charge in [0.2, 0.25) is 0 Å². The summed E-state index contributed by atoms with van der Waals surface area (Å²) in [6, 6.07) is 7.55. The molecular formula is C14H15BrO3. The van der Waals surface area contributed by atoms with Gasteiger partial charge in [-0.1, -0.05) is 28.1 Å². The van der Waals surface area contributed by atoms with Crippen LogP contribution >= 0.6 is 15.9 Å². The normalized spacial score (nSPS) is 22.9. The van der Waals surface area contributed by atoms with Crippen LogP contribution in [0.4, 0.5) is 0 Å². The fraction of sp³-hybridized carbons (Fsp3) is 0.357. The minimum absolute atomic E-state index is 0.103. The molecule has 1 aromatic carbocycles. The van der Waals surface area contributed by atoms with Crippen molar-refractivity contribution in [1.29, 1.82) is 0 Å². The molecule has 1 aliphatic rings. The number of carbonyl (C=O) groups is 1. The summed E-state index contributed by atoms with van der Waals surface area (Å²) >= 11 is 3.36. The molecule has 3 nitrogen and oxygen atoms in total. The molecule has 0 fully saturated rings. The Bertz CT molecular complexity index is 514. The molecule has 18 heavy (non-hydrogen) atoms. The summed E-state index contributed by atoms with van der Waals surface area (Å²) in [6.07, 6.45) is -0.471. The molecule has 4 heteroatoms. The molecule has 1 N–H and O–H groups in total. The summed E-state index contributed by atoms with van der Waals surface area (Å²) in [5, 5.41) is 10.1. The Morgan fingerprint density at radius 2 is 1.83 bits per heavy atom. The molecule has 0 bridgehead atoms. The van der Waals surface area contributed by atoms with Crippen LogP contribution in [0.3, 0.4) is 0 Å². The van der Waals surface area contributed by atoms with Crippen molar-refractivity contribution in [3.05, 3.63) is 45.6 Å². The van der Waals surface area contributed by atoms with Gasteiger partial charge in [-0.25, -0.2) is 4.79 Å². The topological polar surface area (TPSA) is 46.5 Å². The zero-order chi connectivity index (χ0) is 13.5. The fourth-order valence-corrected chi connectivity index (χ4v) is 2.43. The first kappa shape index (κ1) is 13.1. The predicted octanol–water partition coefficient (Wildman–Crippen LogP) is 3.91. The second-order valence-corrected chi connectivity index (χ2v) is 5.95. The van der Waals surface area contributed by atoms with Crippen molar-refractivity contribution in [2.45, 2.75) is 26.9 Å². The van der Waals surface area contributed by atoms with Crippen molar-refractivity contribution in [2.24, 2.45) is 5.41 Å². The average molecular weight is 311 g/mol. The first-order chi connectivity index (χ1) is 8.34. The lowest BCUT2D eigenvalue weighted by atomic mass is 9.77. The Kier molecular flexibility index (Phi) is 3.23. The van der Waals surface area contributed by atoms with Gasteiger partial charge in [0.25, 0.3) is 0 Å². The van der Waals surface area contributed by atoms with Crippen LogP contribution in [-0.4, -0.2) is 11.1 Å². The molecule has 0 spiro atoms. The Hall–Kier alpha value is -1.29. The van der Waals surface area contributed by atoms with Gasteiger partial charge in [-0.3, -0.25) is 0 Å². The Morgan fingerprint density at radius 1 is 1.28 bits per heavy atom. The smallest absolute Gasteiger partial charge is 0.337 e. The number of benzene rings is 1. The summed E-state index contributed by atoms with van der Waals surface area (Å²) in [4.78, 5) is 11.7. The van der Waals surface area contributed by atoms with E-state index in [4.69, 9.17) is 4.74 Å². The maximum atomic E-state index is 11.7. The highest BCUT2D eigenvalue weighted by molar-refractivity contribution is 9.10. The molecule has 0 radical (unpaired) electrons. The Balaban J connectivity index is 2.47. The third-order valence-corrected chi connectivity index (χ3v) is 3.85. The molecule has 1 heterocycles. The van der Waals surface area contributed by atoms with E-state index in [1.165, 1.54) is 0 Å². The van der Waals surface area contributed by atoms with E-state index in [1.807, 2.05) is 38.1 Å². The molecule has 96 valence electrons. The molecule has 0 aromatic heterocycles. The number of cyclic esters (lactones) is 1. The second-order valence-electron chi connectivity index (χ2n) is 5.03. The van der Waals surface area contributed by atoms with Gasteiger partial charge in [-0.15, -0.1) is 0 Å². The van der Waals surface area contributed by atoms with Gasteiger partial charge in [0.15, 0.2) is 0 Å². The lowest BCUT2D eigenvalue weighted by Gasteiger charge is -2.37. The van der Waals surface area contributed by atoms with E-state index in [9.17, 15) is 9.90 Å². The van der Waals surface area contributed by atoms with Crippen LogP contribution in [0.2, 0.25) is 0 Å². The van der Waals surface area contributed by atoms with Crippen molar-refractivity contribution in [3.8, 4) is 0 Å². The molecule has 1 atom stereocenters. The van der Waals surface area contributed by atoms with E-state index >= 15 is 0 Å². The van der Waals surface area contributed by atoms with E-state index in [0.29, 0.717) is 0 Å². The van der Waals surface area contributed by atoms with Gasteiger partial charge in [-0.2, -0.15) is 0 Å². The van der Waals surface area contributed by atoms with Gasteiger partial charge in [0, 0.05) is 4.47 Å². The maximum Gasteiger partial charge on any atom is 0.337 e. The van der Waals surface area contributed by atoms with Gasteiger partial charge >= 0.3 is 5.97 Å². The van der Waals surface area contributed by atoms with Crippen molar-refractivity contribution in [2.75, 3.05) is 0 Å². The van der Waals surface area contributed by atoms with Crippen LogP contribution in [0.1, 0.15) is 32.4 Å². The molecule has 1 unspecified atom stereocenters. The van der Waals surface area contributed by atoms with Crippen molar-refractivity contribution in [1.82, 2.24) is 0 Å². The van der Waals surface area contributed by atoms with Crippen LogP contribution in [0.5, 0.6) is 0 Å². The third-order valence-electron chi connectivity index (χ3n) is 3.32. The van der Waals surface area contributed by atoms with Crippen molar-refractivity contribution >= 4 is 21.9 Å². The number of aliphatic hydroxyl groups excluding tert-OH is 1. The summed E-state index contributed by atoms with van der Waals surface area (Å²) in [5.41, 5.74) is 0.537. The Morgan fingerprint density at radius 3 is 2.39 bits per heavy atom. The number of aliphatic hydroxyl groups is 1. The van der Waals surface area contributed by atoms with E-state index in [0.717, 1.165) is 10.0 Å². The molecule has 2 rings (SSSR count). The van der Waals surface area contributed by atoms with Crippen molar-refractivity contribution in [3.63, 3.8) is 0 Å².